The summed E-state index contributed by atoms with van der Waals surface area (Å²) in [4.78, 5) is 4.73. The van der Waals surface area contributed by atoms with Crippen molar-refractivity contribution >= 4 is 22.3 Å². The zero-order chi connectivity index (χ0) is 14.9. The quantitative estimate of drug-likeness (QED) is 0.789. The van der Waals surface area contributed by atoms with Crippen molar-refractivity contribution in [3.8, 4) is 5.75 Å². The fourth-order valence-corrected chi connectivity index (χ4v) is 2.86. The van der Waals surface area contributed by atoms with Gasteiger partial charge in [0.05, 0.1) is 12.8 Å². The number of methoxy groups -OCH3 is 1. The normalized spacial score (nSPS) is 12.3. The summed E-state index contributed by atoms with van der Waals surface area (Å²) in [5.41, 5.74) is 3.43. The SMILES string of the molecule is COc1ccc(CNC2=Nc3cccc4cccc2c34)cc1. The van der Waals surface area contributed by atoms with E-state index in [0.717, 1.165) is 23.8 Å². The minimum Gasteiger partial charge on any atom is -0.497 e. The van der Waals surface area contributed by atoms with E-state index >= 15 is 0 Å². The van der Waals surface area contributed by atoms with Crippen LogP contribution in [-0.2, 0) is 6.54 Å². The second kappa shape index (κ2) is 5.19. The van der Waals surface area contributed by atoms with Crippen molar-refractivity contribution in [3.63, 3.8) is 0 Å². The van der Waals surface area contributed by atoms with E-state index in [2.05, 4.69) is 53.8 Å². The molecule has 108 valence electrons. The van der Waals surface area contributed by atoms with E-state index in [1.807, 2.05) is 12.1 Å². The van der Waals surface area contributed by atoms with Gasteiger partial charge in [-0.2, -0.15) is 0 Å². The molecule has 1 aliphatic rings. The monoisotopic (exact) mass is 288 g/mol. The lowest BCUT2D eigenvalue weighted by Crippen LogP contribution is -2.22. The number of ether oxygens (including phenoxy) is 1. The topological polar surface area (TPSA) is 33.6 Å². The van der Waals surface area contributed by atoms with Crippen molar-refractivity contribution in [1.82, 2.24) is 5.32 Å². The third-order valence-corrected chi connectivity index (χ3v) is 3.99. The Hall–Kier alpha value is -2.81. The second-order valence-corrected chi connectivity index (χ2v) is 5.34. The Morgan fingerprint density at radius 2 is 1.73 bits per heavy atom. The van der Waals surface area contributed by atoms with Crippen LogP contribution in [0.5, 0.6) is 5.75 Å². The maximum absolute atomic E-state index is 5.18. The van der Waals surface area contributed by atoms with Crippen molar-refractivity contribution in [2.45, 2.75) is 6.54 Å². The summed E-state index contributed by atoms with van der Waals surface area (Å²) in [6, 6.07) is 20.7. The number of aliphatic imine (C=N–C) groups is 1. The van der Waals surface area contributed by atoms with Gasteiger partial charge in [0.1, 0.15) is 11.6 Å². The summed E-state index contributed by atoms with van der Waals surface area (Å²) < 4.78 is 5.18. The lowest BCUT2D eigenvalue weighted by Gasteiger charge is -2.08. The number of rotatable bonds is 3. The summed E-state index contributed by atoms with van der Waals surface area (Å²) in [6.07, 6.45) is 0. The summed E-state index contributed by atoms with van der Waals surface area (Å²) in [6.45, 7) is 0.743. The highest BCUT2D eigenvalue weighted by Crippen LogP contribution is 2.34. The Balaban J connectivity index is 1.59. The van der Waals surface area contributed by atoms with Crippen LogP contribution < -0.4 is 10.1 Å². The minimum absolute atomic E-state index is 0.743. The molecule has 3 heteroatoms. The van der Waals surface area contributed by atoms with E-state index in [0.29, 0.717) is 0 Å². The first-order chi connectivity index (χ1) is 10.8. The number of benzene rings is 3. The first kappa shape index (κ1) is 12.9. The van der Waals surface area contributed by atoms with Crippen molar-refractivity contribution in [2.75, 3.05) is 7.11 Å². The Labute approximate surface area is 129 Å². The summed E-state index contributed by atoms with van der Waals surface area (Å²) in [5.74, 6) is 1.82. The fourth-order valence-electron chi connectivity index (χ4n) is 2.86. The highest BCUT2D eigenvalue weighted by atomic mass is 16.5. The molecule has 4 rings (SSSR count). The lowest BCUT2D eigenvalue weighted by atomic mass is 10.0. The van der Waals surface area contributed by atoms with Gasteiger partial charge >= 0.3 is 0 Å². The molecule has 1 heterocycles. The van der Waals surface area contributed by atoms with E-state index in [9.17, 15) is 0 Å². The molecule has 0 atom stereocenters. The first-order valence-electron chi connectivity index (χ1n) is 7.33. The van der Waals surface area contributed by atoms with Crippen molar-refractivity contribution in [3.05, 3.63) is 71.8 Å². The third kappa shape index (κ3) is 2.11. The molecule has 1 N–H and O–H groups in total. The van der Waals surface area contributed by atoms with Gasteiger partial charge in [0.15, 0.2) is 0 Å². The molecule has 3 nitrogen and oxygen atoms in total. The Morgan fingerprint density at radius 1 is 0.955 bits per heavy atom. The van der Waals surface area contributed by atoms with Gasteiger partial charge in [0.2, 0.25) is 0 Å². The highest BCUT2D eigenvalue weighted by Gasteiger charge is 2.17. The zero-order valence-electron chi connectivity index (χ0n) is 12.3. The number of amidine groups is 1. The number of nitrogens with zero attached hydrogens (tertiary/aromatic N) is 1. The molecule has 22 heavy (non-hydrogen) atoms. The van der Waals surface area contributed by atoms with Crippen LogP contribution in [0.4, 0.5) is 5.69 Å². The van der Waals surface area contributed by atoms with Gasteiger partial charge < -0.3 is 10.1 Å². The van der Waals surface area contributed by atoms with E-state index < -0.39 is 0 Å². The average Bonchev–Trinajstić information content (AvgIpc) is 2.94. The fraction of sp³-hybridized carbons (Fsp3) is 0.105. The molecule has 0 amide bonds. The molecule has 0 bridgehead atoms. The van der Waals surface area contributed by atoms with E-state index in [1.165, 1.54) is 21.9 Å². The van der Waals surface area contributed by atoms with Crippen LogP contribution in [0.3, 0.4) is 0 Å². The molecule has 0 aliphatic carbocycles. The summed E-state index contributed by atoms with van der Waals surface area (Å²) in [5, 5.41) is 5.93. The molecule has 0 fully saturated rings. The molecular weight excluding hydrogens is 272 g/mol. The van der Waals surface area contributed by atoms with E-state index in [-0.39, 0.29) is 0 Å². The first-order valence-corrected chi connectivity index (χ1v) is 7.33. The smallest absolute Gasteiger partial charge is 0.134 e. The average molecular weight is 288 g/mol. The maximum atomic E-state index is 5.18. The van der Waals surface area contributed by atoms with Gasteiger partial charge in [-0.25, -0.2) is 4.99 Å². The molecule has 1 aliphatic heterocycles. The lowest BCUT2D eigenvalue weighted by molar-refractivity contribution is 0.414. The van der Waals surface area contributed by atoms with Crippen LogP contribution in [0.25, 0.3) is 10.8 Å². The molecule has 0 saturated carbocycles. The maximum Gasteiger partial charge on any atom is 0.134 e. The Kier molecular flexibility index (Phi) is 3.04. The van der Waals surface area contributed by atoms with E-state index in [4.69, 9.17) is 9.73 Å². The Bertz CT molecular complexity index is 861. The van der Waals surface area contributed by atoms with Crippen LogP contribution in [0.2, 0.25) is 0 Å². The van der Waals surface area contributed by atoms with Gasteiger partial charge in [-0.15, -0.1) is 0 Å². The van der Waals surface area contributed by atoms with Gasteiger partial charge in [-0.3, -0.25) is 0 Å². The number of nitrogens with one attached hydrogen (secondary N) is 1. The largest absolute Gasteiger partial charge is 0.497 e. The number of hydrogen-bond donors (Lipinski definition) is 1. The number of hydrogen-bond acceptors (Lipinski definition) is 3. The predicted octanol–water partition coefficient (Wildman–Crippen LogP) is 4.03. The zero-order valence-corrected chi connectivity index (χ0v) is 12.3. The van der Waals surface area contributed by atoms with Crippen LogP contribution in [-0.4, -0.2) is 12.9 Å². The molecule has 0 aromatic heterocycles. The summed E-state index contributed by atoms with van der Waals surface area (Å²) >= 11 is 0. The molecule has 3 aromatic carbocycles. The van der Waals surface area contributed by atoms with Crippen LogP contribution in [0.15, 0.2) is 65.7 Å². The van der Waals surface area contributed by atoms with E-state index in [1.54, 1.807) is 7.11 Å². The summed E-state index contributed by atoms with van der Waals surface area (Å²) in [7, 11) is 1.68. The van der Waals surface area contributed by atoms with Gasteiger partial charge in [-0.05, 0) is 29.1 Å². The van der Waals surface area contributed by atoms with Gasteiger partial charge in [0, 0.05) is 17.5 Å². The molecule has 0 saturated heterocycles. The molecular formula is C19H16N2O. The second-order valence-electron chi connectivity index (χ2n) is 5.34. The van der Waals surface area contributed by atoms with Gasteiger partial charge in [0.25, 0.3) is 0 Å². The van der Waals surface area contributed by atoms with Crippen molar-refractivity contribution in [1.29, 1.82) is 0 Å². The molecule has 0 spiro atoms. The molecule has 0 unspecified atom stereocenters. The van der Waals surface area contributed by atoms with Crippen LogP contribution in [0.1, 0.15) is 11.1 Å². The molecule has 0 radical (unpaired) electrons. The third-order valence-electron chi connectivity index (χ3n) is 3.99. The van der Waals surface area contributed by atoms with Crippen molar-refractivity contribution < 1.29 is 4.74 Å². The highest BCUT2D eigenvalue weighted by molar-refractivity contribution is 6.18. The van der Waals surface area contributed by atoms with Gasteiger partial charge in [-0.1, -0.05) is 42.5 Å². The van der Waals surface area contributed by atoms with Crippen LogP contribution in [0, 0.1) is 0 Å². The minimum atomic E-state index is 0.743. The van der Waals surface area contributed by atoms with Crippen molar-refractivity contribution in [2.24, 2.45) is 4.99 Å². The van der Waals surface area contributed by atoms with Crippen LogP contribution >= 0.6 is 0 Å². The molecule has 3 aromatic rings. The predicted molar refractivity (Wildman–Crippen MR) is 90.0 cm³/mol. The Morgan fingerprint density at radius 3 is 2.50 bits per heavy atom. The standard InChI is InChI=1S/C19H16N2O/c1-22-15-10-8-13(9-11-15)12-20-19-16-6-2-4-14-5-3-7-17(21-19)18(14)16/h2-11H,12H2,1H3,(H,20,21).